The van der Waals surface area contributed by atoms with Gasteiger partial charge in [0, 0.05) is 19.0 Å². The normalized spacial score (nSPS) is 11.1. The largest absolute Gasteiger partial charge is 0.460 e. The number of nitro benzene ring substituents is 1. The summed E-state index contributed by atoms with van der Waals surface area (Å²) in [6.07, 6.45) is 4.06. The summed E-state index contributed by atoms with van der Waals surface area (Å²) in [7, 11) is 0. The van der Waals surface area contributed by atoms with Gasteiger partial charge in [0.25, 0.3) is 5.69 Å². The van der Waals surface area contributed by atoms with Gasteiger partial charge in [-0.2, -0.15) is 0 Å². The third-order valence-corrected chi connectivity index (χ3v) is 3.14. The first-order chi connectivity index (χ1) is 10.8. The monoisotopic (exact) mass is 322 g/mol. The molecular weight excluding hydrogens is 296 g/mol. The zero-order chi connectivity index (χ0) is 17.3. The Balaban J connectivity index is 2.15. The lowest BCUT2D eigenvalue weighted by Crippen LogP contribution is -2.23. The summed E-state index contributed by atoms with van der Waals surface area (Å²) in [5, 5.41) is 14.0. The van der Waals surface area contributed by atoms with E-state index in [1.165, 1.54) is 6.07 Å². The van der Waals surface area contributed by atoms with E-state index in [0.717, 1.165) is 25.7 Å². The van der Waals surface area contributed by atoms with Crippen LogP contribution in [0.4, 0.5) is 11.4 Å². The summed E-state index contributed by atoms with van der Waals surface area (Å²) in [4.78, 5) is 22.0. The highest BCUT2D eigenvalue weighted by atomic mass is 16.6. The van der Waals surface area contributed by atoms with Crippen LogP contribution in [0.5, 0.6) is 0 Å². The maximum atomic E-state index is 11.5. The summed E-state index contributed by atoms with van der Waals surface area (Å²) in [6.45, 7) is 6.26. The highest BCUT2D eigenvalue weighted by Gasteiger charge is 2.15. The standard InChI is InChI=1S/C17H26N2O4/c1-17(2,3)23-16(20)12-6-4-5-9-13-18-14-10-7-8-11-15(14)19(21)22/h7-8,10-11,18H,4-6,9,12-13H2,1-3H3. The van der Waals surface area contributed by atoms with E-state index in [9.17, 15) is 14.9 Å². The van der Waals surface area contributed by atoms with Gasteiger partial charge in [0.2, 0.25) is 0 Å². The quantitative estimate of drug-likeness (QED) is 0.317. The minimum Gasteiger partial charge on any atom is -0.460 e. The van der Waals surface area contributed by atoms with E-state index in [1.54, 1.807) is 18.2 Å². The molecule has 6 heteroatoms. The first-order valence-electron chi connectivity index (χ1n) is 7.99. The number of ether oxygens (including phenoxy) is 1. The fraction of sp³-hybridized carbons (Fsp3) is 0.588. The zero-order valence-electron chi connectivity index (χ0n) is 14.1. The van der Waals surface area contributed by atoms with Crippen LogP contribution >= 0.6 is 0 Å². The van der Waals surface area contributed by atoms with Crippen LogP contribution in [0.3, 0.4) is 0 Å². The van der Waals surface area contributed by atoms with Gasteiger partial charge in [0.15, 0.2) is 0 Å². The topological polar surface area (TPSA) is 81.5 Å². The molecule has 1 N–H and O–H groups in total. The summed E-state index contributed by atoms with van der Waals surface area (Å²) >= 11 is 0. The molecule has 0 aliphatic carbocycles. The first-order valence-corrected chi connectivity index (χ1v) is 7.99. The van der Waals surface area contributed by atoms with Crippen molar-refractivity contribution < 1.29 is 14.5 Å². The van der Waals surface area contributed by atoms with Crippen molar-refractivity contribution in [1.82, 2.24) is 0 Å². The van der Waals surface area contributed by atoms with Gasteiger partial charge in [0.1, 0.15) is 11.3 Å². The second-order valence-electron chi connectivity index (χ2n) is 6.45. The van der Waals surface area contributed by atoms with Crippen molar-refractivity contribution in [2.75, 3.05) is 11.9 Å². The van der Waals surface area contributed by atoms with Crippen molar-refractivity contribution in [2.24, 2.45) is 0 Å². The van der Waals surface area contributed by atoms with Gasteiger partial charge >= 0.3 is 5.97 Å². The van der Waals surface area contributed by atoms with Crippen LogP contribution in [-0.4, -0.2) is 23.0 Å². The number of benzene rings is 1. The lowest BCUT2D eigenvalue weighted by atomic mass is 10.1. The molecule has 0 spiro atoms. The summed E-state index contributed by atoms with van der Waals surface area (Å²) in [5.74, 6) is -0.157. The molecule has 0 radical (unpaired) electrons. The Bertz CT molecular complexity index is 524. The molecule has 0 fully saturated rings. The number of nitrogens with zero attached hydrogens (tertiary/aromatic N) is 1. The van der Waals surface area contributed by atoms with Gasteiger partial charge in [-0.05, 0) is 39.7 Å². The Kier molecular flexibility index (Phi) is 7.51. The highest BCUT2D eigenvalue weighted by Crippen LogP contribution is 2.23. The number of nitrogens with one attached hydrogen (secondary N) is 1. The van der Waals surface area contributed by atoms with E-state index in [1.807, 2.05) is 20.8 Å². The molecule has 0 atom stereocenters. The molecule has 0 heterocycles. The number of esters is 1. The van der Waals surface area contributed by atoms with Crippen LogP contribution in [0.15, 0.2) is 24.3 Å². The van der Waals surface area contributed by atoms with E-state index in [2.05, 4.69) is 5.32 Å². The number of hydrogen-bond acceptors (Lipinski definition) is 5. The van der Waals surface area contributed by atoms with Crippen LogP contribution in [0.25, 0.3) is 0 Å². The Hall–Kier alpha value is -2.11. The van der Waals surface area contributed by atoms with Gasteiger partial charge < -0.3 is 10.1 Å². The number of carbonyl (C=O) groups is 1. The van der Waals surface area contributed by atoms with E-state index >= 15 is 0 Å². The number of rotatable bonds is 9. The van der Waals surface area contributed by atoms with Crippen LogP contribution in [0.1, 0.15) is 52.9 Å². The minimum atomic E-state index is -0.425. The molecule has 128 valence electrons. The van der Waals surface area contributed by atoms with Crippen molar-refractivity contribution in [1.29, 1.82) is 0 Å². The second kappa shape index (κ2) is 9.12. The number of anilines is 1. The average Bonchev–Trinajstić information content (AvgIpc) is 2.44. The van der Waals surface area contributed by atoms with E-state index in [-0.39, 0.29) is 16.6 Å². The fourth-order valence-corrected chi connectivity index (χ4v) is 2.15. The third kappa shape index (κ3) is 8.18. The fourth-order valence-electron chi connectivity index (χ4n) is 2.15. The number of para-hydroxylation sites is 2. The highest BCUT2D eigenvalue weighted by molar-refractivity contribution is 5.69. The maximum absolute atomic E-state index is 11.5. The molecule has 0 aromatic heterocycles. The van der Waals surface area contributed by atoms with Gasteiger partial charge in [-0.1, -0.05) is 25.0 Å². The van der Waals surface area contributed by atoms with Crippen LogP contribution in [0.2, 0.25) is 0 Å². The number of carbonyl (C=O) groups excluding carboxylic acids is 1. The average molecular weight is 322 g/mol. The van der Waals surface area contributed by atoms with Gasteiger partial charge in [-0.25, -0.2) is 0 Å². The van der Waals surface area contributed by atoms with Crippen LogP contribution in [0, 0.1) is 10.1 Å². The molecule has 0 saturated heterocycles. The Morgan fingerprint density at radius 2 is 1.83 bits per heavy atom. The van der Waals surface area contributed by atoms with Crippen molar-refractivity contribution in [3.63, 3.8) is 0 Å². The molecule has 1 rings (SSSR count). The van der Waals surface area contributed by atoms with Crippen molar-refractivity contribution in [3.8, 4) is 0 Å². The number of nitro groups is 1. The van der Waals surface area contributed by atoms with Gasteiger partial charge in [-0.15, -0.1) is 0 Å². The first kappa shape index (κ1) is 18.9. The van der Waals surface area contributed by atoms with Crippen LogP contribution < -0.4 is 5.32 Å². The molecular formula is C17H26N2O4. The lowest BCUT2D eigenvalue weighted by Gasteiger charge is -2.19. The molecule has 0 amide bonds. The van der Waals surface area contributed by atoms with Crippen molar-refractivity contribution in [2.45, 2.75) is 58.5 Å². The Labute approximate surface area is 137 Å². The molecule has 0 unspecified atom stereocenters. The molecule has 23 heavy (non-hydrogen) atoms. The molecule has 1 aromatic rings. The lowest BCUT2D eigenvalue weighted by molar-refractivity contribution is -0.384. The van der Waals surface area contributed by atoms with E-state index in [0.29, 0.717) is 18.7 Å². The maximum Gasteiger partial charge on any atom is 0.306 e. The SMILES string of the molecule is CC(C)(C)OC(=O)CCCCCCNc1ccccc1[N+](=O)[O-]. The molecule has 0 aliphatic rings. The zero-order valence-corrected chi connectivity index (χ0v) is 14.1. The predicted octanol–water partition coefficient (Wildman–Crippen LogP) is 4.30. The third-order valence-electron chi connectivity index (χ3n) is 3.14. The minimum absolute atomic E-state index is 0.0948. The van der Waals surface area contributed by atoms with Gasteiger partial charge in [-0.3, -0.25) is 14.9 Å². The van der Waals surface area contributed by atoms with E-state index in [4.69, 9.17) is 4.74 Å². The van der Waals surface area contributed by atoms with Crippen molar-refractivity contribution >= 4 is 17.3 Å². The summed E-state index contributed by atoms with van der Waals surface area (Å²) in [5.41, 5.74) is 0.217. The molecule has 6 nitrogen and oxygen atoms in total. The summed E-state index contributed by atoms with van der Waals surface area (Å²) in [6, 6.07) is 6.62. The number of hydrogen-bond donors (Lipinski definition) is 1. The van der Waals surface area contributed by atoms with Crippen molar-refractivity contribution in [3.05, 3.63) is 34.4 Å². The predicted molar refractivity (Wildman–Crippen MR) is 90.5 cm³/mol. The molecule has 0 bridgehead atoms. The number of unbranched alkanes of at least 4 members (excludes halogenated alkanes) is 3. The smallest absolute Gasteiger partial charge is 0.306 e. The van der Waals surface area contributed by atoms with Crippen LogP contribution in [-0.2, 0) is 9.53 Å². The second-order valence-corrected chi connectivity index (χ2v) is 6.45. The Morgan fingerprint density at radius 1 is 1.17 bits per heavy atom. The summed E-state index contributed by atoms with van der Waals surface area (Å²) < 4.78 is 5.24. The Morgan fingerprint density at radius 3 is 2.48 bits per heavy atom. The molecule has 0 aliphatic heterocycles. The molecule has 1 aromatic carbocycles. The van der Waals surface area contributed by atoms with Gasteiger partial charge in [0.05, 0.1) is 4.92 Å². The molecule has 0 saturated carbocycles. The van der Waals surface area contributed by atoms with E-state index < -0.39 is 5.60 Å².